The molecule has 2 aliphatic rings. The molecule has 2 aliphatic heterocycles. The molecule has 2 aromatic carbocycles. The highest BCUT2D eigenvalue weighted by Gasteiger charge is 2.36. The summed E-state index contributed by atoms with van der Waals surface area (Å²) in [6.07, 6.45) is 0. The zero-order valence-corrected chi connectivity index (χ0v) is 19.3. The molecule has 0 aliphatic carbocycles. The number of hydrogen-bond donors (Lipinski definition) is 2. The molecule has 0 saturated carbocycles. The maximum absolute atomic E-state index is 13.2. The van der Waals surface area contributed by atoms with Gasteiger partial charge in [-0.15, -0.1) is 0 Å². The fourth-order valence-corrected chi connectivity index (χ4v) is 4.37. The van der Waals surface area contributed by atoms with E-state index < -0.39 is 12.0 Å². The SMILES string of the molecule is CCOC(=O)C1=C(CN2CCN(c3ccc(F)cc3)CC2)NC(=O)N[C@@H]1c1ccccc1OC. The van der Waals surface area contributed by atoms with Crippen LogP contribution < -0.4 is 20.3 Å². The molecular weight excluding hydrogens is 439 g/mol. The lowest BCUT2D eigenvalue weighted by Gasteiger charge is -2.38. The third-order valence-electron chi connectivity index (χ3n) is 6.04. The molecule has 1 atom stereocenters. The topological polar surface area (TPSA) is 83.1 Å². The summed E-state index contributed by atoms with van der Waals surface area (Å²) < 4.78 is 24.1. The van der Waals surface area contributed by atoms with Gasteiger partial charge in [0.1, 0.15) is 11.6 Å². The molecule has 0 aromatic heterocycles. The Labute approximate surface area is 198 Å². The molecule has 1 saturated heterocycles. The molecule has 180 valence electrons. The van der Waals surface area contributed by atoms with E-state index in [2.05, 4.69) is 20.4 Å². The molecule has 2 amide bonds. The zero-order valence-electron chi connectivity index (χ0n) is 19.3. The maximum atomic E-state index is 13.2. The highest BCUT2D eigenvalue weighted by atomic mass is 19.1. The number of esters is 1. The molecule has 2 aromatic rings. The minimum atomic E-state index is -0.695. The van der Waals surface area contributed by atoms with Crippen molar-refractivity contribution in [3.8, 4) is 5.75 Å². The summed E-state index contributed by atoms with van der Waals surface area (Å²) in [6.45, 7) is 5.30. The molecule has 1 fully saturated rings. The number of nitrogens with one attached hydrogen (secondary N) is 2. The number of piperazine rings is 1. The van der Waals surface area contributed by atoms with E-state index in [0.29, 0.717) is 29.1 Å². The number of hydrogen-bond acceptors (Lipinski definition) is 6. The average molecular weight is 469 g/mol. The predicted molar refractivity (Wildman–Crippen MR) is 126 cm³/mol. The van der Waals surface area contributed by atoms with Crippen LogP contribution in [-0.4, -0.2) is 63.3 Å². The van der Waals surface area contributed by atoms with E-state index in [-0.39, 0.29) is 18.5 Å². The Morgan fingerprint density at radius 3 is 2.47 bits per heavy atom. The fraction of sp³-hybridized carbons (Fsp3) is 0.360. The Morgan fingerprint density at radius 1 is 1.09 bits per heavy atom. The summed E-state index contributed by atoms with van der Waals surface area (Å²) in [5.41, 5.74) is 2.54. The van der Waals surface area contributed by atoms with Gasteiger partial charge in [-0.1, -0.05) is 18.2 Å². The first-order valence-electron chi connectivity index (χ1n) is 11.3. The van der Waals surface area contributed by atoms with E-state index in [1.165, 1.54) is 12.1 Å². The van der Waals surface area contributed by atoms with Crippen molar-refractivity contribution >= 4 is 17.7 Å². The van der Waals surface area contributed by atoms with Crippen LogP contribution in [0.15, 0.2) is 59.8 Å². The van der Waals surface area contributed by atoms with Crippen LogP contribution in [0.3, 0.4) is 0 Å². The number of ether oxygens (including phenoxy) is 2. The summed E-state index contributed by atoms with van der Waals surface area (Å²) in [5.74, 6) is -0.165. The second-order valence-corrected chi connectivity index (χ2v) is 8.13. The first kappa shape index (κ1) is 23.6. The van der Waals surface area contributed by atoms with Crippen molar-refractivity contribution in [3.05, 3.63) is 71.2 Å². The molecular formula is C25H29FN4O4. The van der Waals surface area contributed by atoms with Gasteiger partial charge in [-0.2, -0.15) is 0 Å². The largest absolute Gasteiger partial charge is 0.496 e. The molecule has 34 heavy (non-hydrogen) atoms. The summed E-state index contributed by atoms with van der Waals surface area (Å²) in [5, 5.41) is 5.68. The number of halogens is 1. The molecule has 9 heteroatoms. The van der Waals surface area contributed by atoms with E-state index >= 15 is 0 Å². The standard InChI is InChI=1S/C25H29FN4O4/c1-3-34-24(31)22-20(27-25(32)28-23(22)19-6-4-5-7-21(19)33-2)16-29-12-14-30(15-13-29)18-10-8-17(26)9-11-18/h4-11,23H,3,12-16H2,1-2H3,(H2,27,28,32)/t23-/m1/s1. The quantitative estimate of drug-likeness (QED) is 0.608. The zero-order chi connectivity index (χ0) is 24.1. The number of anilines is 1. The number of methoxy groups -OCH3 is 1. The molecule has 0 unspecified atom stereocenters. The lowest BCUT2D eigenvalue weighted by atomic mass is 9.94. The lowest BCUT2D eigenvalue weighted by molar-refractivity contribution is -0.139. The van der Waals surface area contributed by atoms with Gasteiger partial charge in [0.05, 0.1) is 25.3 Å². The number of amides is 2. The van der Waals surface area contributed by atoms with Crippen molar-refractivity contribution in [2.75, 3.05) is 51.3 Å². The van der Waals surface area contributed by atoms with Crippen LogP contribution in [0, 0.1) is 5.82 Å². The molecule has 4 rings (SSSR count). The first-order chi connectivity index (χ1) is 16.5. The van der Waals surface area contributed by atoms with E-state index in [0.717, 1.165) is 31.9 Å². The van der Waals surface area contributed by atoms with Crippen molar-refractivity contribution in [1.82, 2.24) is 15.5 Å². The van der Waals surface area contributed by atoms with Gasteiger partial charge < -0.3 is 25.0 Å². The van der Waals surface area contributed by atoms with E-state index in [9.17, 15) is 14.0 Å². The van der Waals surface area contributed by atoms with Gasteiger partial charge in [-0.05, 0) is 37.3 Å². The van der Waals surface area contributed by atoms with Crippen LogP contribution in [0.2, 0.25) is 0 Å². The van der Waals surface area contributed by atoms with Gasteiger partial charge in [-0.25, -0.2) is 14.0 Å². The molecule has 8 nitrogen and oxygen atoms in total. The van der Waals surface area contributed by atoms with Crippen molar-refractivity contribution < 1.29 is 23.5 Å². The number of urea groups is 1. The Hall–Kier alpha value is -3.59. The van der Waals surface area contributed by atoms with Crippen molar-refractivity contribution in [2.24, 2.45) is 0 Å². The number of carbonyl (C=O) groups is 2. The number of nitrogens with zero attached hydrogens (tertiary/aromatic N) is 2. The second kappa shape index (κ2) is 10.6. The van der Waals surface area contributed by atoms with Crippen LogP contribution in [0.25, 0.3) is 0 Å². The number of para-hydroxylation sites is 1. The van der Waals surface area contributed by atoms with Gasteiger partial charge in [0, 0.05) is 49.7 Å². The van der Waals surface area contributed by atoms with Crippen LogP contribution in [-0.2, 0) is 9.53 Å². The fourth-order valence-electron chi connectivity index (χ4n) is 4.37. The summed E-state index contributed by atoms with van der Waals surface area (Å²) in [7, 11) is 1.55. The third kappa shape index (κ3) is 5.14. The van der Waals surface area contributed by atoms with E-state index in [1.54, 1.807) is 32.2 Å². The van der Waals surface area contributed by atoms with Gasteiger partial charge in [-0.3, -0.25) is 4.90 Å². The van der Waals surface area contributed by atoms with Crippen LogP contribution in [0.5, 0.6) is 5.75 Å². The van der Waals surface area contributed by atoms with Gasteiger partial charge >= 0.3 is 12.0 Å². The van der Waals surface area contributed by atoms with Gasteiger partial charge in [0.2, 0.25) is 0 Å². The predicted octanol–water partition coefficient (Wildman–Crippen LogP) is 2.83. The monoisotopic (exact) mass is 468 g/mol. The lowest BCUT2D eigenvalue weighted by Crippen LogP contribution is -2.51. The molecule has 0 bridgehead atoms. The van der Waals surface area contributed by atoms with E-state index in [4.69, 9.17) is 9.47 Å². The number of benzene rings is 2. The summed E-state index contributed by atoms with van der Waals surface area (Å²) in [6, 6.07) is 12.7. The Bertz CT molecular complexity index is 1060. The third-order valence-corrected chi connectivity index (χ3v) is 6.04. The first-order valence-corrected chi connectivity index (χ1v) is 11.3. The Balaban J connectivity index is 1.57. The minimum Gasteiger partial charge on any atom is -0.496 e. The summed E-state index contributed by atoms with van der Waals surface area (Å²) in [4.78, 5) is 30.0. The number of carbonyl (C=O) groups excluding carboxylic acids is 2. The van der Waals surface area contributed by atoms with Crippen LogP contribution >= 0.6 is 0 Å². The smallest absolute Gasteiger partial charge is 0.338 e. The van der Waals surface area contributed by atoms with Gasteiger partial charge in [0.25, 0.3) is 0 Å². The minimum absolute atomic E-state index is 0.221. The van der Waals surface area contributed by atoms with Crippen LogP contribution in [0.1, 0.15) is 18.5 Å². The second-order valence-electron chi connectivity index (χ2n) is 8.13. The maximum Gasteiger partial charge on any atom is 0.338 e. The Kier molecular flexibility index (Phi) is 7.32. The average Bonchev–Trinajstić information content (AvgIpc) is 2.85. The summed E-state index contributed by atoms with van der Waals surface area (Å²) >= 11 is 0. The van der Waals surface area contributed by atoms with Crippen LogP contribution in [0.4, 0.5) is 14.9 Å². The van der Waals surface area contributed by atoms with Crippen molar-refractivity contribution in [2.45, 2.75) is 13.0 Å². The Morgan fingerprint density at radius 2 is 1.79 bits per heavy atom. The highest BCUT2D eigenvalue weighted by molar-refractivity contribution is 5.95. The highest BCUT2D eigenvalue weighted by Crippen LogP contribution is 2.33. The van der Waals surface area contributed by atoms with Gasteiger partial charge in [0.15, 0.2) is 0 Å². The number of rotatable bonds is 7. The van der Waals surface area contributed by atoms with Crippen molar-refractivity contribution in [1.29, 1.82) is 0 Å². The molecule has 0 spiro atoms. The molecule has 2 heterocycles. The van der Waals surface area contributed by atoms with E-state index in [1.807, 2.05) is 18.2 Å². The molecule has 2 N–H and O–H groups in total. The normalized spacial score (nSPS) is 18.9. The van der Waals surface area contributed by atoms with Crippen molar-refractivity contribution in [3.63, 3.8) is 0 Å². The molecule has 0 radical (unpaired) electrons.